The van der Waals surface area contributed by atoms with Crippen molar-refractivity contribution < 1.29 is 23.9 Å². The monoisotopic (exact) mass is 392 g/mol. The van der Waals surface area contributed by atoms with E-state index in [1.807, 2.05) is 30.3 Å². The van der Waals surface area contributed by atoms with E-state index >= 15 is 0 Å². The molecule has 1 amide bonds. The Labute approximate surface area is 167 Å². The number of benzene rings is 1. The summed E-state index contributed by atoms with van der Waals surface area (Å²) in [6.07, 6.45) is -0.0316. The lowest BCUT2D eigenvalue weighted by molar-refractivity contribution is -0.158. The maximum Gasteiger partial charge on any atom is 0.329 e. The van der Waals surface area contributed by atoms with Crippen molar-refractivity contribution in [2.75, 3.05) is 0 Å². The molecule has 7 nitrogen and oxygen atoms in total. The number of nitrogens with two attached hydrogens (primary N) is 1. The molecule has 0 radical (unpaired) electrons. The van der Waals surface area contributed by atoms with Crippen LogP contribution in [0.4, 0.5) is 0 Å². The van der Waals surface area contributed by atoms with E-state index in [0.29, 0.717) is 0 Å². The summed E-state index contributed by atoms with van der Waals surface area (Å²) in [5, 5.41) is 2.61. The van der Waals surface area contributed by atoms with Gasteiger partial charge in [-0.1, -0.05) is 30.3 Å². The van der Waals surface area contributed by atoms with Crippen LogP contribution in [0.25, 0.3) is 0 Å². The zero-order chi connectivity index (χ0) is 21.5. The molecule has 0 aromatic heterocycles. The molecule has 0 spiro atoms. The zero-order valence-electron chi connectivity index (χ0n) is 17.6. The fourth-order valence-corrected chi connectivity index (χ4v) is 2.35. The summed E-state index contributed by atoms with van der Waals surface area (Å²) >= 11 is 0. The molecule has 0 fully saturated rings. The Morgan fingerprint density at radius 1 is 0.964 bits per heavy atom. The summed E-state index contributed by atoms with van der Waals surface area (Å²) in [4.78, 5) is 36.9. The van der Waals surface area contributed by atoms with E-state index < -0.39 is 41.1 Å². The van der Waals surface area contributed by atoms with Gasteiger partial charge in [-0.3, -0.25) is 9.59 Å². The lowest BCUT2D eigenvalue weighted by Crippen LogP contribution is -2.51. The predicted molar refractivity (Wildman–Crippen MR) is 106 cm³/mol. The van der Waals surface area contributed by atoms with Gasteiger partial charge >= 0.3 is 11.9 Å². The molecule has 0 heterocycles. The maximum absolute atomic E-state index is 12.6. The molecule has 2 atom stereocenters. The van der Waals surface area contributed by atoms with Gasteiger partial charge in [-0.25, -0.2) is 4.79 Å². The van der Waals surface area contributed by atoms with Crippen LogP contribution in [0.2, 0.25) is 0 Å². The van der Waals surface area contributed by atoms with E-state index in [1.54, 1.807) is 41.5 Å². The van der Waals surface area contributed by atoms with E-state index in [4.69, 9.17) is 15.2 Å². The van der Waals surface area contributed by atoms with Crippen molar-refractivity contribution in [3.63, 3.8) is 0 Å². The summed E-state index contributed by atoms with van der Waals surface area (Å²) in [7, 11) is 0. The normalized spacial score (nSPS) is 14.0. The largest absolute Gasteiger partial charge is 0.460 e. The smallest absolute Gasteiger partial charge is 0.329 e. The van der Waals surface area contributed by atoms with Crippen LogP contribution in [0.15, 0.2) is 30.3 Å². The van der Waals surface area contributed by atoms with E-state index in [2.05, 4.69) is 5.32 Å². The molecule has 3 N–H and O–H groups in total. The summed E-state index contributed by atoms with van der Waals surface area (Å²) in [5.41, 5.74) is 5.34. The zero-order valence-corrected chi connectivity index (χ0v) is 17.6. The maximum atomic E-state index is 12.6. The van der Waals surface area contributed by atoms with Gasteiger partial charge in [0.05, 0.1) is 12.5 Å². The third-order valence-corrected chi connectivity index (χ3v) is 3.43. The molecule has 2 unspecified atom stereocenters. The van der Waals surface area contributed by atoms with Crippen LogP contribution in [0.1, 0.15) is 53.5 Å². The number of carbonyl (C=O) groups is 3. The molecule has 28 heavy (non-hydrogen) atoms. The van der Waals surface area contributed by atoms with Gasteiger partial charge in [0.1, 0.15) is 17.2 Å². The second-order valence-electron chi connectivity index (χ2n) is 8.68. The first-order chi connectivity index (χ1) is 12.8. The average molecular weight is 392 g/mol. The van der Waals surface area contributed by atoms with Crippen LogP contribution in [0.3, 0.4) is 0 Å². The SMILES string of the molecule is CC(C)(C)OC(=O)CC(N)C(=O)NC(Cc1ccccc1)C(=O)OC(C)(C)C. The number of carbonyl (C=O) groups excluding carboxylic acids is 3. The molecular weight excluding hydrogens is 360 g/mol. The molecule has 1 aromatic carbocycles. The highest BCUT2D eigenvalue weighted by atomic mass is 16.6. The van der Waals surface area contributed by atoms with Gasteiger partial charge in [-0.15, -0.1) is 0 Å². The fourth-order valence-electron chi connectivity index (χ4n) is 2.35. The van der Waals surface area contributed by atoms with Gasteiger partial charge in [0, 0.05) is 6.42 Å². The van der Waals surface area contributed by atoms with E-state index in [0.717, 1.165) is 5.56 Å². The van der Waals surface area contributed by atoms with Crippen LogP contribution < -0.4 is 11.1 Å². The van der Waals surface area contributed by atoms with Crippen LogP contribution in [-0.2, 0) is 30.3 Å². The Kier molecular flexibility index (Phi) is 8.17. The Morgan fingerprint density at radius 2 is 1.50 bits per heavy atom. The fraction of sp³-hybridized carbons (Fsp3) is 0.571. The number of nitrogens with one attached hydrogen (secondary N) is 1. The molecule has 0 aliphatic heterocycles. The molecule has 0 saturated carbocycles. The Bertz CT molecular complexity index is 674. The third kappa shape index (κ3) is 9.50. The molecule has 1 rings (SSSR count). The summed E-state index contributed by atoms with van der Waals surface area (Å²) < 4.78 is 10.6. The minimum atomic E-state index is -1.13. The van der Waals surface area contributed by atoms with Gasteiger partial charge < -0.3 is 20.5 Å². The highest BCUT2D eigenvalue weighted by molar-refractivity contribution is 5.90. The number of rotatable bonds is 7. The highest BCUT2D eigenvalue weighted by Gasteiger charge is 2.30. The first-order valence-corrected chi connectivity index (χ1v) is 9.31. The molecular formula is C21H32N2O5. The number of hydrogen-bond donors (Lipinski definition) is 2. The summed E-state index contributed by atoms with van der Waals surface area (Å²) in [5.74, 6) is -1.75. The lowest BCUT2D eigenvalue weighted by atomic mass is 10.0. The molecule has 156 valence electrons. The van der Waals surface area contributed by atoms with Gasteiger partial charge in [-0.2, -0.15) is 0 Å². The van der Waals surface area contributed by atoms with Crippen molar-refractivity contribution >= 4 is 17.8 Å². The van der Waals surface area contributed by atoms with Gasteiger partial charge in [0.15, 0.2) is 0 Å². The molecule has 0 bridgehead atoms. The third-order valence-electron chi connectivity index (χ3n) is 3.43. The van der Waals surface area contributed by atoms with Crippen molar-refractivity contribution in [2.45, 2.75) is 77.7 Å². The standard InChI is InChI=1S/C21H32N2O5/c1-20(2,3)27-17(24)13-15(22)18(25)23-16(19(26)28-21(4,5)6)12-14-10-8-7-9-11-14/h7-11,15-16H,12-13,22H2,1-6H3,(H,23,25). The van der Waals surface area contributed by atoms with Crippen LogP contribution in [-0.4, -0.2) is 41.1 Å². The van der Waals surface area contributed by atoms with Crippen LogP contribution in [0, 0.1) is 0 Å². The molecule has 7 heteroatoms. The van der Waals surface area contributed by atoms with Crippen molar-refractivity contribution in [1.82, 2.24) is 5.32 Å². The quantitative estimate of drug-likeness (QED) is 0.688. The first kappa shape index (κ1) is 23.6. The minimum Gasteiger partial charge on any atom is -0.460 e. The summed E-state index contributed by atoms with van der Waals surface area (Å²) in [6, 6.07) is 7.21. The first-order valence-electron chi connectivity index (χ1n) is 9.31. The second kappa shape index (κ2) is 9.68. The van der Waals surface area contributed by atoms with E-state index in [9.17, 15) is 14.4 Å². The molecule has 0 aliphatic carbocycles. The van der Waals surface area contributed by atoms with Gasteiger partial charge in [0.2, 0.25) is 5.91 Å². The van der Waals surface area contributed by atoms with Crippen molar-refractivity contribution in [1.29, 1.82) is 0 Å². The topological polar surface area (TPSA) is 108 Å². The Hall–Kier alpha value is -2.41. The van der Waals surface area contributed by atoms with E-state index in [-0.39, 0.29) is 12.8 Å². The summed E-state index contributed by atoms with van der Waals surface area (Å²) in [6.45, 7) is 10.4. The Morgan fingerprint density at radius 3 is 2.00 bits per heavy atom. The van der Waals surface area contributed by atoms with Gasteiger partial charge in [-0.05, 0) is 47.1 Å². The number of hydrogen-bond acceptors (Lipinski definition) is 6. The number of esters is 2. The van der Waals surface area contributed by atoms with E-state index in [1.165, 1.54) is 0 Å². The van der Waals surface area contributed by atoms with Crippen molar-refractivity contribution in [3.8, 4) is 0 Å². The molecule has 0 aliphatic rings. The Balaban J connectivity index is 2.82. The lowest BCUT2D eigenvalue weighted by Gasteiger charge is -2.26. The minimum absolute atomic E-state index is 0.251. The van der Waals surface area contributed by atoms with Gasteiger partial charge in [0.25, 0.3) is 0 Å². The van der Waals surface area contributed by atoms with Crippen LogP contribution >= 0.6 is 0 Å². The number of amides is 1. The number of ether oxygens (including phenoxy) is 2. The molecule has 0 saturated heterocycles. The van der Waals surface area contributed by atoms with Crippen LogP contribution in [0.5, 0.6) is 0 Å². The van der Waals surface area contributed by atoms with Crippen molar-refractivity contribution in [2.24, 2.45) is 5.73 Å². The van der Waals surface area contributed by atoms with Crippen molar-refractivity contribution in [3.05, 3.63) is 35.9 Å². The molecule has 1 aromatic rings. The second-order valence-corrected chi connectivity index (χ2v) is 8.68. The average Bonchev–Trinajstić information content (AvgIpc) is 2.51. The highest BCUT2D eigenvalue weighted by Crippen LogP contribution is 2.12. The predicted octanol–water partition coefficient (Wildman–Crippen LogP) is 2.11.